The Morgan fingerprint density at radius 1 is 0.968 bits per heavy atom. The molecule has 0 radical (unpaired) electrons. The van der Waals surface area contributed by atoms with Crippen molar-refractivity contribution in [1.82, 2.24) is 0 Å². The minimum Gasteiger partial charge on any atom is -0.489 e. The summed E-state index contributed by atoms with van der Waals surface area (Å²) in [5, 5.41) is 0. The van der Waals surface area contributed by atoms with Crippen LogP contribution in [0.5, 0.6) is 23.0 Å². The number of aryl methyl sites for hydroxylation is 1. The zero-order valence-corrected chi connectivity index (χ0v) is 18.3. The molecule has 0 aliphatic heterocycles. The van der Waals surface area contributed by atoms with E-state index in [1.807, 2.05) is 43.3 Å². The van der Waals surface area contributed by atoms with Gasteiger partial charge < -0.3 is 14.2 Å². The van der Waals surface area contributed by atoms with E-state index in [1.165, 1.54) is 0 Å². The van der Waals surface area contributed by atoms with Crippen molar-refractivity contribution in [3.8, 4) is 23.0 Å². The zero-order valence-electron chi connectivity index (χ0n) is 18.3. The number of ether oxygens (including phenoxy) is 3. The molecule has 0 heterocycles. The van der Waals surface area contributed by atoms with Gasteiger partial charge in [0.15, 0.2) is 0 Å². The number of hydrogen-bond acceptors (Lipinski definition) is 4. The number of carbonyl (C=O) groups is 1. The van der Waals surface area contributed by atoms with Gasteiger partial charge in [0.1, 0.15) is 29.6 Å². The maximum Gasteiger partial charge on any atom is 0.298 e. The summed E-state index contributed by atoms with van der Waals surface area (Å²) in [6.07, 6.45) is 2.86. The van der Waals surface area contributed by atoms with Crippen LogP contribution in [-0.4, -0.2) is 6.47 Å². The van der Waals surface area contributed by atoms with Gasteiger partial charge in [0.05, 0.1) is 0 Å². The lowest BCUT2D eigenvalue weighted by atomic mass is 10.0. The van der Waals surface area contributed by atoms with Gasteiger partial charge in [-0.05, 0) is 67.5 Å². The standard InChI is InChI=1S/C27H28O4/c1-18(2)24-15-21(12-13-25(24)29-16-20-8-5-4-6-9-20)31-27-19(3)14-26(30-17-28)22-10-7-11-23(22)27/h4-6,8-9,12-15,17-18H,7,10-11,16H2,1-3H3. The third kappa shape index (κ3) is 4.58. The van der Waals surface area contributed by atoms with Gasteiger partial charge >= 0.3 is 0 Å². The molecule has 3 aromatic rings. The van der Waals surface area contributed by atoms with Crippen LogP contribution in [0, 0.1) is 6.92 Å². The zero-order chi connectivity index (χ0) is 21.8. The topological polar surface area (TPSA) is 44.8 Å². The Bertz CT molecular complexity index is 1070. The molecule has 0 amide bonds. The molecule has 0 bridgehead atoms. The molecule has 1 aliphatic carbocycles. The number of rotatable bonds is 8. The van der Waals surface area contributed by atoms with E-state index in [1.54, 1.807) is 0 Å². The van der Waals surface area contributed by atoms with E-state index in [-0.39, 0.29) is 0 Å². The van der Waals surface area contributed by atoms with Crippen LogP contribution in [0.15, 0.2) is 54.6 Å². The summed E-state index contributed by atoms with van der Waals surface area (Å²) < 4.78 is 17.7. The van der Waals surface area contributed by atoms with Crippen LogP contribution >= 0.6 is 0 Å². The monoisotopic (exact) mass is 416 g/mol. The second-order valence-electron chi connectivity index (χ2n) is 8.28. The number of carbonyl (C=O) groups excluding carboxylic acids is 1. The van der Waals surface area contributed by atoms with E-state index >= 15 is 0 Å². The molecule has 0 fully saturated rings. The highest BCUT2D eigenvalue weighted by atomic mass is 16.5. The predicted molar refractivity (Wildman–Crippen MR) is 121 cm³/mol. The first-order valence-corrected chi connectivity index (χ1v) is 10.8. The van der Waals surface area contributed by atoms with Crippen molar-refractivity contribution in [3.05, 3.63) is 82.4 Å². The van der Waals surface area contributed by atoms with E-state index in [0.29, 0.717) is 24.7 Å². The Labute approximate surface area is 183 Å². The van der Waals surface area contributed by atoms with Gasteiger partial charge in [-0.1, -0.05) is 44.2 Å². The second-order valence-corrected chi connectivity index (χ2v) is 8.28. The summed E-state index contributed by atoms with van der Waals surface area (Å²) in [6, 6.07) is 18.1. The second kappa shape index (κ2) is 9.25. The smallest absolute Gasteiger partial charge is 0.298 e. The SMILES string of the molecule is Cc1cc(OC=O)c2c(c1Oc1ccc(OCc3ccccc3)c(C(C)C)c1)CCC2. The molecule has 31 heavy (non-hydrogen) atoms. The lowest BCUT2D eigenvalue weighted by Gasteiger charge is -2.19. The molecular weight excluding hydrogens is 388 g/mol. The normalized spacial score (nSPS) is 12.5. The summed E-state index contributed by atoms with van der Waals surface area (Å²) in [4.78, 5) is 10.9. The van der Waals surface area contributed by atoms with Gasteiger partial charge in [-0.25, -0.2) is 0 Å². The maximum absolute atomic E-state index is 10.9. The summed E-state index contributed by atoms with van der Waals surface area (Å²) in [6.45, 7) is 7.33. The molecule has 0 atom stereocenters. The Morgan fingerprint density at radius 2 is 1.74 bits per heavy atom. The van der Waals surface area contributed by atoms with Crippen LogP contribution in [-0.2, 0) is 24.2 Å². The Hall–Kier alpha value is -3.27. The van der Waals surface area contributed by atoms with Gasteiger partial charge in [-0.2, -0.15) is 0 Å². The summed E-state index contributed by atoms with van der Waals surface area (Å²) in [7, 11) is 0. The highest BCUT2D eigenvalue weighted by Crippen LogP contribution is 2.42. The Kier molecular flexibility index (Phi) is 6.26. The minimum absolute atomic E-state index is 0.296. The fraction of sp³-hybridized carbons (Fsp3) is 0.296. The third-order valence-corrected chi connectivity index (χ3v) is 5.73. The van der Waals surface area contributed by atoms with Crippen molar-refractivity contribution >= 4 is 6.47 Å². The highest BCUT2D eigenvalue weighted by Gasteiger charge is 2.23. The molecule has 0 aromatic heterocycles. The van der Waals surface area contributed by atoms with Crippen molar-refractivity contribution < 1.29 is 19.0 Å². The molecule has 4 heteroatoms. The lowest BCUT2D eigenvalue weighted by molar-refractivity contribution is -0.120. The van der Waals surface area contributed by atoms with Gasteiger partial charge in [0.2, 0.25) is 0 Å². The van der Waals surface area contributed by atoms with Gasteiger partial charge in [-0.15, -0.1) is 0 Å². The number of benzene rings is 3. The fourth-order valence-electron chi connectivity index (χ4n) is 4.18. The molecule has 0 saturated heterocycles. The molecule has 4 nitrogen and oxygen atoms in total. The Balaban J connectivity index is 1.60. The summed E-state index contributed by atoms with van der Waals surface area (Å²) in [5.41, 5.74) is 5.45. The summed E-state index contributed by atoms with van der Waals surface area (Å²) in [5.74, 6) is 3.49. The van der Waals surface area contributed by atoms with E-state index in [9.17, 15) is 4.79 Å². The molecule has 1 aliphatic rings. The quantitative estimate of drug-likeness (QED) is 0.393. The van der Waals surface area contributed by atoms with Crippen LogP contribution in [0.25, 0.3) is 0 Å². The van der Waals surface area contributed by atoms with Crippen molar-refractivity contribution in [2.24, 2.45) is 0 Å². The summed E-state index contributed by atoms with van der Waals surface area (Å²) >= 11 is 0. The average Bonchev–Trinajstić information content (AvgIpc) is 3.26. The van der Waals surface area contributed by atoms with E-state index in [0.717, 1.165) is 64.3 Å². The van der Waals surface area contributed by atoms with E-state index in [2.05, 4.69) is 32.0 Å². The highest BCUT2D eigenvalue weighted by molar-refractivity contribution is 5.59. The molecular formula is C27H28O4. The van der Waals surface area contributed by atoms with Crippen molar-refractivity contribution in [3.63, 3.8) is 0 Å². The van der Waals surface area contributed by atoms with Crippen LogP contribution in [0.4, 0.5) is 0 Å². The fourth-order valence-corrected chi connectivity index (χ4v) is 4.18. The van der Waals surface area contributed by atoms with Crippen molar-refractivity contribution in [2.45, 2.75) is 52.6 Å². The van der Waals surface area contributed by atoms with Gasteiger partial charge in [0.25, 0.3) is 6.47 Å². The van der Waals surface area contributed by atoms with Crippen molar-refractivity contribution in [1.29, 1.82) is 0 Å². The largest absolute Gasteiger partial charge is 0.489 e. The van der Waals surface area contributed by atoms with E-state index in [4.69, 9.17) is 14.2 Å². The first-order chi connectivity index (χ1) is 15.1. The lowest BCUT2D eigenvalue weighted by Crippen LogP contribution is -2.02. The van der Waals surface area contributed by atoms with Crippen LogP contribution < -0.4 is 14.2 Å². The Morgan fingerprint density at radius 3 is 2.48 bits per heavy atom. The molecule has 0 N–H and O–H groups in total. The van der Waals surface area contributed by atoms with Gasteiger partial charge in [-0.3, -0.25) is 4.79 Å². The molecule has 0 saturated carbocycles. The van der Waals surface area contributed by atoms with Gasteiger partial charge in [0, 0.05) is 16.7 Å². The van der Waals surface area contributed by atoms with Crippen molar-refractivity contribution in [2.75, 3.05) is 0 Å². The van der Waals surface area contributed by atoms with Crippen LogP contribution in [0.2, 0.25) is 0 Å². The molecule has 0 unspecified atom stereocenters. The molecule has 3 aromatic carbocycles. The van der Waals surface area contributed by atoms with Crippen LogP contribution in [0.3, 0.4) is 0 Å². The maximum atomic E-state index is 10.9. The van der Waals surface area contributed by atoms with Crippen LogP contribution in [0.1, 0.15) is 54.0 Å². The average molecular weight is 417 g/mol. The predicted octanol–water partition coefficient (Wildman–Crippen LogP) is 6.51. The first kappa shape index (κ1) is 21.0. The van der Waals surface area contributed by atoms with E-state index < -0.39 is 0 Å². The third-order valence-electron chi connectivity index (χ3n) is 5.73. The minimum atomic E-state index is 0.296. The first-order valence-electron chi connectivity index (χ1n) is 10.8. The molecule has 160 valence electrons. The number of hydrogen-bond donors (Lipinski definition) is 0. The molecule has 4 rings (SSSR count). The number of fused-ring (bicyclic) bond motifs is 1. The molecule has 0 spiro atoms.